The zero-order valence-electron chi connectivity index (χ0n) is 13.0. The molecule has 2 unspecified atom stereocenters. The van der Waals surface area contributed by atoms with E-state index in [4.69, 9.17) is 0 Å². The van der Waals surface area contributed by atoms with Gasteiger partial charge in [-0.1, -0.05) is 13.8 Å². The maximum Gasteiger partial charge on any atom is 0.0911 e. The van der Waals surface area contributed by atoms with Gasteiger partial charge >= 0.3 is 0 Å². The van der Waals surface area contributed by atoms with Crippen LogP contribution in [0.1, 0.15) is 33.1 Å². The normalized spacial score (nSPS) is 22.7. The molecule has 0 saturated carbocycles. The van der Waals surface area contributed by atoms with Crippen LogP contribution in [-0.2, 0) is 0 Å². The third-order valence-corrected chi connectivity index (χ3v) is 3.66. The summed E-state index contributed by atoms with van der Waals surface area (Å²) < 4.78 is 0. The lowest BCUT2D eigenvalue weighted by Gasteiger charge is -2.49. The van der Waals surface area contributed by atoms with E-state index in [0.29, 0.717) is 12.3 Å². The summed E-state index contributed by atoms with van der Waals surface area (Å²) in [4.78, 5) is 4.59. The van der Waals surface area contributed by atoms with Gasteiger partial charge in [0.15, 0.2) is 0 Å². The monoisotopic (exact) mass is 257 g/mol. The molecule has 1 saturated heterocycles. The van der Waals surface area contributed by atoms with Crippen molar-refractivity contribution in [3.05, 3.63) is 0 Å². The first kappa shape index (κ1) is 15.9. The van der Waals surface area contributed by atoms with Gasteiger partial charge in [-0.05, 0) is 47.5 Å². The van der Waals surface area contributed by atoms with Crippen molar-refractivity contribution >= 4 is 0 Å². The quantitative estimate of drug-likeness (QED) is 0.766. The fourth-order valence-electron chi connectivity index (χ4n) is 2.80. The van der Waals surface area contributed by atoms with Crippen LogP contribution >= 0.6 is 0 Å². The molecule has 0 spiro atoms. The van der Waals surface area contributed by atoms with E-state index in [1.807, 2.05) is 0 Å². The van der Waals surface area contributed by atoms with E-state index in [9.17, 15) is 0 Å². The molecule has 1 aliphatic heterocycles. The highest BCUT2D eigenvalue weighted by Gasteiger charge is 2.32. The van der Waals surface area contributed by atoms with E-state index in [0.717, 1.165) is 25.9 Å². The van der Waals surface area contributed by atoms with E-state index in [2.05, 4.69) is 67.4 Å². The Bertz CT molecular complexity index is 207. The summed E-state index contributed by atoms with van der Waals surface area (Å²) in [5.74, 6) is 0. The highest BCUT2D eigenvalue weighted by atomic mass is 15.9. The second kappa shape index (κ2) is 7.40. The molecular formula is C13H31N5. The molecule has 1 heterocycles. The predicted molar refractivity (Wildman–Crippen MR) is 76.7 cm³/mol. The van der Waals surface area contributed by atoms with Gasteiger partial charge in [0.05, 0.1) is 12.3 Å². The zero-order valence-corrected chi connectivity index (χ0v) is 13.0. The fourth-order valence-corrected chi connectivity index (χ4v) is 2.80. The third kappa shape index (κ3) is 3.65. The molecular weight excluding hydrogens is 226 g/mol. The Morgan fingerprint density at radius 1 is 1.00 bits per heavy atom. The van der Waals surface area contributed by atoms with Crippen molar-refractivity contribution in [2.24, 2.45) is 0 Å². The maximum absolute atomic E-state index is 3.56. The molecule has 0 aromatic carbocycles. The number of hydrogen-bond acceptors (Lipinski definition) is 5. The van der Waals surface area contributed by atoms with E-state index in [-0.39, 0.29) is 0 Å². The molecule has 0 aromatic rings. The summed E-state index contributed by atoms with van der Waals surface area (Å²) in [6.07, 6.45) is 4.34. The molecule has 1 rings (SSSR count). The minimum Gasteiger partial charge on any atom is -0.293 e. The molecule has 1 fully saturated rings. The van der Waals surface area contributed by atoms with Crippen LogP contribution in [-0.4, -0.2) is 73.5 Å². The second-order valence-corrected chi connectivity index (χ2v) is 5.47. The summed E-state index contributed by atoms with van der Waals surface area (Å²) in [5.41, 5.74) is 3.56. The first-order chi connectivity index (χ1) is 8.52. The summed E-state index contributed by atoms with van der Waals surface area (Å²) in [7, 11) is 8.63. The van der Waals surface area contributed by atoms with E-state index < -0.39 is 0 Å². The van der Waals surface area contributed by atoms with Gasteiger partial charge in [0.2, 0.25) is 0 Å². The lowest BCUT2D eigenvalue weighted by Crippen LogP contribution is -2.67. The minimum atomic E-state index is 0.416. The van der Waals surface area contributed by atoms with Gasteiger partial charge in [0, 0.05) is 13.1 Å². The Hall–Kier alpha value is -0.200. The Morgan fingerprint density at radius 3 is 2.00 bits per heavy atom. The first-order valence-electron chi connectivity index (χ1n) is 7.15. The van der Waals surface area contributed by atoms with Gasteiger partial charge in [0.25, 0.3) is 0 Å². The molecule has 0 bridgehead atoms. The van der Waals surface area contributed by atoms with Gasteiger partial charge in [-0.3, -0.25) is 9.80 Å². The van der Waals surface area contributed by atoms with Crippen molar-refractivity contribution in [1.82, 2.24) is 25.4 Å². The summed E-state index contributed by atoms with van der Waals surface area (Å²) >= 11 is 0. The topological polar surface area (TPSA) is 25.0 Å². The summed E-state index contributed by atoms with van der Waals surface area (Å²) in [6.45, 7) is 6.71. The number of nitrogens with zero attached hydrogens (tertiary/aromatic N) is 4. The van der Waals surface area contributed by atoms with Crippen LogP contribution in [0.25, 0.3) is 0 Å². The van der Waals surface area contributed by atoms with Gasteiger partial charge < -0.3 is 0 Å². The molecule has 5 heteroatoms. The zero-order chi connectivity index (χ0) is 13.7. The molecule has 1 aliphatic rings. The maximum atomic E-state index is 3.56. The van der Waals surface area contributed by atoms with Gasteiger partial charge in [-0.25, -0.2) is 10.4 Å². The average Bonchev–Trinajstić information content (AvgIpc) is 2.32. The average molecular weight is 257 g/mol. The number of rotatable bonds is 6. The largest absolute Gasteiger partial charge is 0.293 e. The predicted octanol–water partition coefficient (Wildman–Crippen LogP) is 1.01. The van der Waals surface area contributed by atoms with Crippen molar-refractivity contribution in [2.75, 3.05) is 41.3 Å². The minimum absolute atomic E-state index is 0.416. The molecule has 1 N–H and O–H groups in total. The SMILES string of the molecule is CCC(N(C)C)N1CCCNN1C(CC)N(C)C. The Labute approximate surface area is 113 Å². The standard InChI is InChI=1S/C13H31N5/c1-7-12(15(3)4)17-11-9-10-14-18(17)13(8-2)16(5)6/h12-14H,7-11H2,1-6H3. The van der Waals surface area contributed by atoms with Crippen LogP contribution in [0, 0.1) is 0 Å². The molecule has 0 aromatic heterocycles. The second-order valence-electron chi connectivity index (χ2n) is 5.47. The van der Waals surface area contributed by atoms with Crippen LogP contribution in [0.4, 0.5) is 0 Å². The Morgan fingerprint density at radius 2 is 1.56 bits per heavy atom. The third-order valence-electron chi connectivity index (χ3n) is 3.66. The lowest BCUT2D eigenvalue weighted by atomic mass is 10.2. The highest BCUT2D eigenvalue weighted by molar-refractivity contribution is 4.74. The summed E-state index contributed by atoms with van der Waals surface area (Å²) in [5, 5.41) is 4.83. The van der Waals surface area contributed by atoms with Crippen LogP contribution in [0.3, 0.4) is 0 Å². The Balaban J connectivity index is 2.84. The first-order valence-corrected chi connectivity index (χ1v) is 7.15. The number of hydrogen-bond donors (Lipinski definition) is 1. The van der Waals surface area contributed by atoms with Crippen LogP contribution in [0.15, 0.2) is 0 Å². The van der Waals surface area contributed by atoms with Crippen molar-refractivity contribution in [1.29, 1.82) is 0 Å². The van der Waals surface area contributed by atoms with Crippen molar-refractivity contribution in [3.8, 4) is 0 Å². The number of hydrazine groups is 2. The van der Waals surface area contributed by atoms with Crippen molar-refractivity contribution in [2.45, 2.75) is 45.4 Å². The van der Waals surface area contributed by atoms with Crippen molar-refractivity contribution in [3.63, 3.8) is 0 Å². The summed E-state index contributed by atoms with van der Waals surface area (Å²) in [6, 6.07) is 0. The lowest BCUT2D eigenvalue weighted by molar-refractivity contribution is -0.203. The van der Waals surface area contributed by atoms with Crippen LogP contribution in [0.2, 0.25) is 0 Å². The van der Waals surface area contributed by atoms with E-state index in [1.54, 1.807) is 0 Å². The highest BCUT2D eigenvalue weighted by Crippen LogP contribution is 2.18. The fraction of sp³-hybridized carbons (Fsp3) is 1.00. The molecule has 0 aliphatic carbocycles. The molecule has 18 heavy (non-hydrogen) atoms. The van der Waals surface area contributed by atoms with Gasteiger partial charge in [-0.15, -0.1) is 0 Å². The molecule has 5 nitrogen and oxygen atoms in total. The van der Waals surface area contributed by atoms with E-state index in [1.165, 1.54) is 6.42 Å². The molecule has 0 amide bonds. The van der Waals surface area contributed by atoms with Crippen LogP contribution < -0.4 is 5.43 Å². The smallest absolute Gasteiger partial charge is 0.0911 e. The van der Waals surface area contributed by atoms with Gasteiger partial charge in [0.1, 0.15) is 0 Å². The van der Waals surface area contributed by atoms with Crippen LogP contribution in [0.5, 0.6) is 0 Å². The van der Waals surface area contributed by atoms with E-state index >= 15 is 0 Å². The van der Waals surface area contributed by atoms with Gasteiger partial charge in [-0.2, -0.15) is 5.12 Å². The number of nitrogens with one attached hydrogen (secondary N) is 1. The molecule has 0 radical (unpaired) electrons. The molecule has 2 atom stereocenters. The van der Waals surface area contributed by atoms with Crippen molar-refractivity contribution < 1.29 is 0 Å². The Kier molecular flexibility index (Phi) is 6.52. The molecule has 108 valence electrons.